The van der Waals surface area contributed by atoms with Crippen molar-refractivity contribution >= 4 is 5.91 Å². The predicted octanol–water partition coefficient (Wildman–Crippen LogP) is 2.64. The van der Waals surface area contributed by atoms with Crippen molar-refractivity contribution in [3.05, 3.63) is 59.4 Å². The molecular formula is C19H23FN2O3. The summed E-state index contributed by atoms with van der Waals surface area (Å²) in [6.45, 7) is 1.29. The summed E-state index contributed by atoms with van der Waals surface area (Å²) in [4.78, 5) is 11.9. The summed E-state index contributed by atoms with van der Waals surface area (Å²) in [6, 6.07) is 12.1. The molecule has 0 saturated heterocycles. The number of hydrogen-bond acceptors (Lipinski definition) is 4. The van der Waals surface area contributed by atoms with E-state index in [1.807, 2.05) is 12.1 Å². The average Bonchev–Trinajstić information content (AvgIpc) is 2.64. The lowest BCUT2D eigenvalue weighted by molar-refractivity contribution is -0.121. The van der Waals surface area contributed by atoms with E-state index in [9.17, 15) is 9.18 Å². The third-order valence-corrected chi connectivity index (χ3v) is 3.74. The Bertz CT molecular complexity index is 707. The lowest BCUT2D eigenvalue weighted by Crippen LogP contribution is -2.27. The standard InChI is InChI=1S/C19H23FN2O3/c1-24-17-8-7-14(11-18(17)25-2)12-22-19(23)9-10-21-13-15-5-3-4-6-16(15)20/h3-8,11,21H,9-10,12-13H2,1-2H3,(H,22,23). The summed E-state index contributed by atoms with van der Waals surface area (Å²) in [5.41, 5.74) is 1.51. The molecule has 25 heavy (non-hydrogen) atoms. The van der Waals surface area contributed by atoms with Crippen LogP contribution in [0.1, 0.15) is 17.5 Å². The van der Waals surface area contributed by atoms with Gasteiger partial charge in [-0.1, -0.05) is 24.3 Å². The fourth-order valence-corrected chi connectivity index (χ4v) is 2.35. The molecule has 0 radical (unpaired) electrons. The molecule has 0 aromatic heterocycles. The summed E-state index contributed by atoms with van der Waals surface area (Å²) in [5.74, 6) is 0.958. The molecule has 134 valence electrons. The molecule has 2 N–H and O–H groups in total. The molecule has 2 rings (SSSR count). The molecule has 5 nitrogen and oxygen atoms in total. The van der Waals surface area contributed by atoms with Crippen LogP contribution in [-0.2, 0) is 17.9 Å². The second-order valence-electron chi connectivity index (χ2n) is 5.48. The van der Waals surface area contributed by atoms with E-state index in [4.69, 9.17) is 9.47 Å². The van der Waals surface area contributed by atoms with Crippen LogP contribution < -0.4 is 20.1 Å². The van der Waals surface area contributed by atoms with Crippen molar-refractivity contribution in [2.45, 2.75) is 19.5 Å². The molecule has 0 spiro atoms. The van der Waals surface area contributed by atoms with E-state index in [1.54, 1.807) is 38.5 Å². The van der Waals surface area contributed by atoms with Crippen LogP contribution in [0.2, 0.25) is 0 Å². The van der Waals surface area contributed by atoms with Crippen LogP contribution in [0.25, 0.3) is 0 Å². The molecular weight excluding hydrogens is 323 g/mol. The van der Waals surface area contributed by atoms with Gasteiger partial charge >= 0.3 is 0 Å². The van der Waals surface area contributed by atoms with Crippen molar-refractivity contribution in [1.29, 1.82) is 0 Å². The quantitative estimate of drug-likeness (QED) is 0.686. The Labute approximate surface area is 147 Å². The zero-order chi connectivity index (χ0) is 18.1. The molecule has 0 heterocycles. The van der Waals surface area contributed by atoms with Gasteiger partial charge in [0, 0.05) is 31.6 Å². The van der Waals surface area contributed by atoms with Crippen LogP contribution in [0.4, 0.5) is 4.39 Å². The Balaban J connectivity index is 1.71. The molecule has 2 aromatic rings. The fraction of sp³-hybridized carbons (Fsp3) is 0.316. The van der Waals surface area contributed by atoms with Gasteiger partial charge in [0.25, 0.3) is 0 Å². The van der Waals surface area contributed by atoms with Gasteiger partial charge in [-0.2, -0.15) is 0 Å². The molecule has 0 aliphatic carbocycles. The summed E-state index contributed by atoms with van der Waals surface area (Å²) in [5, 5.41) is 5.92. The zero-order valence-electron chi connectivity index (χ0n) is 14.5. The van der Waals surface area contributed by atoms with E-state index in [0.717, 1.165) is 5.56 Å². The van der Waals surface area contributed by atoms with E-state index >= 15 is 0 Å². The number of carbonyl (C=O) groups is 1. The number of benzene rings is 2. The summed E-state index contributed by atoms with van der Waals surface area (Å²) in [7, 11) is 3.15. The topological polar surface area (TPSA) is 59.6 Å². The maximum absolute atomic E-state index is 13.5. The molecule has 0 unspecified atom stereocenters. The largest absolute Gasteiger partial charge is 0.493 e. The Kier molecular flexibility index (Phi) is 7.22. The van der Waals surface area contributed by atoms with Crippen LogP contribution >= 0.6 is 0 Å². The number of amides is 1. The third kappa shape index (κ3) is 5.76. The van der Waals surface area contributed by atoms with Gasteiger partial charge in [-0.3, -0.25) is 4.79 Å². The van der Waals surface area contributed by atoms with Gasteiger partial charge in [0.05, 0.1) is 14.2 Å². The smallest absolute Gasteiger partial charge is 0.221 e. The first kappa shape index (κ1) is 18.7. The van der Waals surface area contributed by atoms with Gasteiger partial charge in [0.2, 0.25) is 5.91 Å². The molecule has 0 atom stereocenters. The SMILES string of the molecule is COc1ccc(CNC(=O)CCNCc2ccccc2F)cc1OC. The van der Waals surface area contributed by atoms with E-state index in [1.165, 1.54) is 6.07 Å². The normalized spacial score (nSPS) is 10.4. The Morgan fingerprint density at radius 1 is 1.04 bits per heavy atom. The molecule has 0 saturated carbocycles. The number of hydrogen-bond donors (Lipinski definition) is 2. The van der Waals surface area contributed by atoms with Crippen LogP contribution in [0.15, 0.2) is 42.5 Å². The number of nitrogens with one attached hydrogen (secondary N) is 2. The minimum absolute atomic E-state index is 0.0733. The fourth-order valence-electron chi connectivity index (χ4n) is 2.35. The van der Waals surface area contributed by atoms with Gasteiger partial charge in [-0.25, -0.2) is 4.39 Å². The van der Waals surface area contributed by atoms with Gasteiger partial charge in [0.1, 0.15) is 5.82 Å². The van der Waals surface area contributed by atoms with Crippen molar-refractivity contribution in [2.75, 3.05) is 20.8 Å². The maximum atomic E-state index is 13.5. The minimum atomic E-state index is -0.243. The maximum Gasteiger partial charge on any atom is 0.221 e. The van der Waals surface area contributed by atoms with Gasteiger partial charge in [-0.15, -0.1) is 0 Å². The van der Waals surface area contributed by atoms with Gasteiger partial charge in [-0.05, 0) is 23.8 Å². The summed E-state index contributed by atoms with van der Waals surface area (Å²) < 4.78 is 23.9. The van der Waals surface area contributed by atoms with Crippen LogP contribution in [0.5, 0.6) is 11.5 Å². The Hall–Kier alpha value is -2.60. The first-order chi connectivity index (χ1) is 12.1. The molecule has 0 aliphatic heterocycles. The second kappa shape index (κ2) is 9.64. The molecule has 2 aromatic carbocycles. The summed E-state index contributed by atoms with van der Waals surface area (Å²) in [6.07, 6.45) is 0.321. The highest BCUT2D eigenvalue weighted by Gasteiger charge is 2.06. The molecule has 1 amide bonds. The van der Waals surface area contributed by atoms with Crippen molar-refractivity contribution < 1.29 is 18.7 Å². The van der Waals surface area contributed by atoms with E-state index in [2.05, 4.69) is 10.6 Å². The second-order valence-corrected chi connectivity index (χ2v) is 5.48. The zero-order valence-corrected chi connectivity index (χ0v) is 14.5. The number of halogens is 1. The van der Waals surface area contributed by atoms with Crippen molar-refractivity contribution in [3.8, 4) is 11.5 Å². The number of ether oxygens (including phenoxy) is 2. The number of rotatable bonds is 9. The average molecular weight is 346 g/mol. The molecule has 0 fully saturated rings. The highest BCUT2D eigenvalue weighted by Crippen LogP contribution is 2.27. The summed E-state index contributed by atoms with van der Waals surface area (Å²) >= 11 is 0. The number of carbonyl (C=O) groups excluding carboxylic acids is 1. The number of methoxy groups -OCH3 is 2. The van der Waals surface area contributed by atoms with E-state index in [-0.39, 0.29) is 11.7 Å². The molecule has 6 heteroatoms. The lowest BCUT2D eigenvalue weighted by atomic mass is 10.2. The van der Waals surface area contributed by atoms with Crippen molar-refractivity contribution in [2.24, 2.45) is 0 Å². The van der Waals surface area contributed by atoms with Crippen LogP contribution in [0.3, 0.4) is 0 Å². The lowest BCUT2D eigenvalue weighted by Gasteiger charge is -2.10. The monoisotopic (exact) mass is 346 g/mol. The first-order valence-electron chi connectivity index (χ1n) is 8.05. The molecule has 0 bridgehead atoms. The van der Waals surface area contributed by atoms with Crippen molar-refractivity contribution in [1.82, 2.24) is 10.6 Å². The Morgan fingerprint density at radius 3 is 2.52 bits per heavy atom. The van der Waals surface area contributed by atoms with Gasteiger partial charge in [0.15, 0.2) is 11.5 Å². The van der Waals surface area contributed by atoms with E-state index in [0.29, 0.717) is 43.1 Å². The first-order valence-corrected chi connectivity index (χ1v) is 8.05. The minimum Gasteiger partial charge on any atom is -0.493 e. The van der Waals surface area contributed by atoms with Crippen LogP contribution in [-0.4, -0.2) is 26.7 Å². The van der Waals surface area contributed by atoms with Crippen molar-refractivity contribution in [3.63, 3.8) is 0 Å². The van der Waals surface area contributed by atoms with Gasteiger partial charge < -0.3 is 20.1 Å². The highest BCUT2D eigenvalue weighted by molar-refractivity contribution is 5.76. The third-order valence-electron chi connectivity index (χ3n) is 3.74. The van der Waals surface area contributed by atoms with E-state index < -0.39 is 0 Å². The Morgan fingerprint density at radius 2 is 1.80 bits per heavy atom. The highest BCUT2D eigenvalue weighted by atomic mass is 19.1. The van der Waals surface area contributed by atoms with Crippen LogP contribution in [0, 0.1) is 5.82 Å². The predicted molar refractivity (Wildman–Crippen MR) is 94.1 cm³/mol. The molecule has 0 aliphatic rings.